The van der Waals surface area contributed by atoms with E-state index in [0.717, 1.165) is 27.8 Å². The fraction of sp³-hybridized carbons (Fsp3) is 0.333. The number of aliphatic imine (C=N–C) groups is 1. The zero-order valence-corrected chi connectivity index (χ0v) is 20.2. The highest BCUT2D eigenvalue weighted by Crippen LogP contribution is 2.31. The third-order valence-corrected chi connectivity index (χ3v) is 5.45. The Hall–Kier alpha value is -1.81. The molecule has 0 aromatic heterocycles. The molecule has 0 aliphatic carbocycles. The van der Waals surface area contributed by atoms with Gasteiger partial charge in [0.15, 0.2) is 5.96 Å². The van der Waals surface area contributed by atoms with Crippen molar-refractivity contribution in [2.75, 3.05) is 20.2 Å². The standard InChI is InChI=1S/C21H25BrN4O2.HI/c1-26(14-15-6-2-4-8-17(15)22)20(27)10-12-24-21(23)25-18-11-13-28-19-9-5-3-7-16(18)19;/h2-9,18H,10-14H2,1H3,(H3,23,24,25);1H. The molecular formula is C21H26BrIN4O2. The van der Waals surface area contributed by atoms with Crippen LogP contribution in [0.3, 0.4) is 0 Å². The van der Waals surface area contributed by atoms with Crippen LogP contribution >= 0.6 is 39.9 Å². The molecule has 0 radical (unpaired) electrons. The highest BCUT2D eigenvalue weighted by Gasteiger charge is 2.21. The number of hydrogen-bond acceptors (Lipinski definition) is 3. The third-order valence-electron chi connectivity index (χ3n) is 4.68. The van der Waals surface area contributed by atoms with Crippen molar-refractivity contribution < 1.29 is 9.53 Å². The van der Waals surface area contributed by atoms with Crippen molar-refractivity contribution in [2.24, 2.45) is 10.7 Å². The summed E-state index contributed by atoms with van der Waals surface area (Å²) < 4.78 is 6.66. The quantitative estimate of drug-likeness (QED) is 0.313. The lowest BCUT2D eigenvalue weighted by atomic mass is 10.0. The van der Waals surface area contributed by atoms with Crippen LogP contribution in [0.5, 0.6) is 5.75 Å². The number of nitrogens with one attached hydrogen (secondary N) is 1. The van der Waals surface area contributed by atoms with Gasteiger partial charge in [-0.2, -0.15) is 0 Å². The molecule has 1 unspecified atom stereocenters. The van der Waals surface area contributed by atoms with Crippen LogP contribution < -0.4 is 15.8 Å². The number of halogens is 2. The summed E-state index contributed by atoms with van der Waals surface area (Å²) in [5, 5.41) is 3.24. The first-order valence-electron chi connectivity index (χ1n) is 9.30. The van der Waals surface area contributed by atoms with Gasteiger partial charge in [0.2, 0.25) is 5.91 Å². The molecule has 29 heavy (non-hydrogen) atoms. The van der Waals surface area contributed by atoms with Crippen molar-refractivity contribution in [1.29, 1.82) is 0 Å². The maximum absolute atomic E-state index is 12.4. The number of fused-ring (bicyclic) bond motifs is 1. The average molecular weight is 573 g/mol. The molecule has 156 valence electrons. The molecular weight excluding hydrogens is 547 g/mol. The Morgan fingerprint density at radius 3 is 2.79 bits per heavy atom. The molecule has 0 saturated carbocycles. The van der Waals surface area contributed by atoms with Gasteiger partial charge < -0.3 is 20.7 Å². The van der Waals surface area contributed by atoms with Gasteiger partial charge in [-0.15, -0.1) is 24.0 Å². The molecule has 3 N–H and O–H groups in total. The fourth-order valence-corrected chi connectivity index (χ4v) is 3.56. The number of rotatable bonds is 6. The lowest BCUT2D eigenvalue weighted by Gasteiger charge is -2.27. The van der Waals surface area contributed by atoms with Crippen LogP contribution in [0.1, 0.15) is 30.0 Å². The minimum absolute atomic E-state index is 0. The third kappa shape index (κ3) is 6.60. The molecule has 0 spiro atoms. The average Bonchev–Trinajstić information content (AvgIpc) is 2.70. The van der Waals surface area contributed by atoms with Crippen LogP contribution in [0, 0.1) is 0 Å². The van der Waals surface area contributed by atoms with E-state index in [9.17, 15) is 4.79 Å². The SMILES string of the molecule is CN(Cc1ccccc1Br)C(=O)CCN=C(N)NC1CCOc2ccccc21.I. The van der Waals surface area contributed by atoms with Gasteiger partial charge in [0, 0.05) is 36.5 Å². The molecule has 3 rings (SSSR count). The summed E-state index contributed by atoms with van der Waals surface area (Å²) in [6, 6.07) is 15.9. The van der Waals surface area contributed by atoms with Crippen LogP contribution in [0.25, 0.3) is 0 Å². The van der Waals surface area contributed by atoms with E-state index in [4.69, 9.17) is 10.5 Å². The van der Waals surface area contributed by atoms with E-state index in [1.807, 2.05) is 48.5 Å². The van der Waals surface area contributed by atoms with Crippen LogP contribution in [-0.2, 0) is 11.3 Å². The zero-order valence-electron chi connectivity index (χ0n) is 16.3. The van der Waals surface area contributed by atoms with E-state index in [-0.39, 0.29) is 35.9 Å². The Balaban J connectivity index is 0.00000300. The Bertz CT molecular complexity index is 862. The van der Waals surface area contributed by atoms with Crippen molar-refractivity contribution in [3.8, 4) is 5.75 Å². The van der Waals surface area contributed by atoms with E-state index in [1.54, 1.807) is 11.9 Å². The molecule has 2 aromatic rings. The van der Waals surface area contributed by atoms with Crippen LogP contribution in [-0.4, -0.2) is 37.0 Å². The number of hydrogen-bond donors (Lipinski definition) is 2. The van der Waals surface area contributed by atoms with Crippen molar-refractivity contribution in [3.05, 3.63) is 64.1 Å². The van der Waals surface area contributed by atoms with Gasteiger partial charge in [0.25, 0.3) is 0 Å². The van der Waals surface area contributed by atoms with Gasteiger partial charge in [-0.05, 0) is 17.7 Å². The normalized spacial score (nSPS) is 15.5. The predicted octanol–water partition coefficient (Wildman–Crippen LogP) is 3.84. The number of carbonyl (C=O) groups is 1. The molecule has 1 atom stereocenters. The van der Waals surface area contributed by atoms with Crippen LogP contribution in [0.2, 0.25) is 0 Å². The lowest BCUT2D eigenvalue weighted by molar-refractivity contribution is -0.130. The molecule has 0 fully saturated rings. The number of ether oxygens (including phenoxy) is 1. The van der Waals surface area contributed by atoms with Gasteiger partial charge >= 0.3 is 0 Å². The fourth-order valence-electron chi connectivity index (χ4n) is 3.15. The van der Waals surface area contributed by atoms with Crippen LogP contribution in [0.15, 0.2) is 58.0 Å². The Morgan fingerprint density at radius 2 is 2.00 bits per heavy atom. The first kappa shape index (κ1) is 23.5. The topological polar surface area (TPSA) is 80.0 Å². The lowest BCUT2D eigenvalue weighted by Crippen LogP contribution is -2.37. The minimum Gasteiger partial charge on any atom is -0.493 e. The molecule has 1 aliphatic rings. The summed E-state index contributed by atoms with van der Waals surface area (Å²) in [5.74, 6) is 1.26. The molecule has 0 saturated heterocycles. The van der Waals surface area contributed by atoms with E-state index in [1.165, 1.54) is 0 Å². The maximum atomic E-state index is 12.4. The summed E-state index contributed by atoms with van der Waals surface area (Å²) >= 11 is 3.51. The number of para-hydroxylation sites is 1. The number of amides is 1. The Morgan fingerprint density at radius 1 is 1.28 bits per heavy atom. The summed E-state index contributed by atoms with van der Waals surface area (Å²) in [4.78, 5) is 18.4. The second kappa shape index (κ2) is 11.4. The molecule has 2 aromatic carbocycles. The number of carbonyl (C=O) groups excluding carboxylic acids is 1. The molecule has 0 bridgehead atoms. The number of benzene rings is 2. The Kier molecular flexibility index (Phi) is 9.22. The number of nitrogens with two attached hydrogens (primary N) is 1. The van der Waals surface area contributed by atoms with E-state index >= 15 is 0 Å². The maximum Gasteiger partial charge on any atom is 0.224 e. The van der Waals surface area contributed by atoms with Crippen molar-refractivity contribution >= 4 is 51.8 Å². The predicted molar refractivity (Wildman–Crippen MR) is 130 cm³/mol. The summed E-state index contributed by atoms with van der Waals surface area (Å²) in [6.45, 7) is 1.54. The second-order valence-corrected chi connectivity index (χ2v) is 7.58. The molecule has 6 nitrogen and oxygen atoms in total. The van der Waals surface area contributed by atoms with Gasteiger partial charge in [0.1, 0.15) is 5.75 Å². The van der Waals surface area contributed by atoms with Gasteiger partial charge in [-0.1, -0.05) is 52.3 Å². The van der Waals surface area contributed by atoms with Gasteiger partial charge in [0.05, 0.1) is 19.2 Å². The largest absolute Gasteiger partial charge is 0.493 e. The van der Waals surface area contributed by atoms with E-state index in [2.05, 4.69) is 26.2 Å². The molecule has 1 heterocycles. The second-order valence-electron chi connectivity index (χ2n) is 6.73. The summed E-state index contributed by atoms with van der Waals surface area (Å²) in [5.41, 5.74) is 8.18. The summed E-state index contributed by atoms with van der Waals surface area (Å²) in [7, 11) is 1.80. The summed E-state index contributed by atoms with van der Waals surface area (Å²) in [6.07, 6.45) is 1.13. The molecule has 1 aliphatic heterocycles. The van der Waals surface area contributed by atoms with Crippen molar-refractivity contribution in [3.63, 3.8) is 0 Å². The highest BCUT2D eigenvalue weighted by molar-refractivity contribution is 14.0. The monoisotopic (exact) mass is 572 g/mol. The minimum atomic E-state index is 0. The van der Waals surface area contributed by atoms with Gasteiger partial charge in [-0.25, -0.2) is 0 Å². The van der Waals surface area contributed by atoms with Gasteiger partial charge in [-0.3, -0.25) is 9.79 Å². The van der Waals surface area contributed by atoms with Crippen molar-refractivity contribution in [1.82, 2.24) is 10.2 Å². The molecule has 8 heteroatoms. The zero-order chi connectivity index (χ0) is 19.9. The van der Waals surface area contributed by atoms with Crippen molar-refractivity contribution in [2.45, 2.75) is 25.4 Å². The van der Waals surface area contributed by atoms with Crippen LogP contribution in [0.4, 0.5) is 0 Å². The van der Waals surface area contributed by atoms with E-state index in [0.29, 0.717) is 32.1 Å². The smallest absolute Gasteiger partial charge is 0.224 e. The number of guanidine groups is 1. The number of nitrogens with zero attached hydrogens (tertiary/aromatic N) is 2. The first-order chi connectivity index (χ1) is 13.5. The van der Waals surface area contributed by atoms with E-state index < -0.39 is 0 Å². The Labute approximate surface area is 197 Å². The highest BCUT2D eigenvalue weighted by atomic mass is 127. The molecule has 1 amide bonds. The first-order valence-corrected chi connectivity index (χ1v) is 10.1.